The van der Waals surface area contributed by atoms with Crippen LogP contribution in [-0.4, -0.2) is 47.5 Å². The molecule has 2 heterocycles. The van der Waals surface area contributed by atoms with Gasteiger partial charge in [0.1, 0.15) is 17.5 Å². The molecule has 0 aromatic carbocycles. The summed E-state index contributed by atoms with van der Waals surface area (Å²) in [4.78, 5) is 26.2. The maximum atomic E-state index is 14.3. The van der Waals surface area contributed by atoms with Crippen molar-refractivity contribution in [1.29, 1.82) is 0 Å². The maximum Gasteiger partial charge on any atom is 0.412 e. The zero-order valence-electron chi connectivity index (χ0n) is 14.0. The first-order valence-corrected chi connectivity index (χ1v) is 7.71. The summed E-state index contributed by atoms with van der Waals surface area (Å²) in [6.45, 7) is 6.23. The molecule has 0 unspecified atom stereocenters. The van der Waals surface area contributed by atoms with Crippen LogP contribution in [0.5, 0.6) is 0 Å². The lowest BCUT2D eigenvalue weighted by atomic mass is 10.0. The molecule has 1 aliphatic rings. The number of hydrogen-bond acceptors (Lipinski definition) is 4. The normalized spacial score (nSPS) is 22.7. The van der Waals surface area contributed by atoms with Gasteiger partial charge in [0, 0.05) is 19.3 Å². The molecule has 0 radical (unpaired) electrons. The number of carbonyl (C=O) groups excluding carboxylic acids is 1. The first kappa shape index (κ1) is 17.5. The van der Waals surface area contributed by atoms with E-state index in [1.165, 1.54) is 10.6 Å². The van der Waals surface area contributed by atoms with Gasteiger partial charge in [-0.15, -0.1) is 0 Å². The molecule has 0 spiro atoms. The van der Waals surface area contributed by atoms with Crippen molar-refractivity contribution in [1.82, 2.24) is 9.47 Å². The molecule has 0 saturated carbocycles. The fourth-order valence-electron chi connectivity index (χ4n) is 2.64. The molecule has 1 amide bonds. The van der Waals surface area contributed by atoms with Crippen LogP contribution in [0.25, 0.3) is 0 Å². The molecule has 128 valence electrons. The van der Waals surface area contributed by atoms with E-state index in [-0.39, 0.29) is 5.69 Å². The Labute approximate surface area is 135 Å². The minimum Gasteiger partial charge on any atom is -0.444 e. The summed E-state index contributed by atoms with van der Waals surface area (Å²) in [5.74, 6) is 0. The van der Waals surface area contributed by atoms with Gasteiger partial charge in [0.05, 0.1) is 6.04 Å². The van der Waals surface area contributed by atoms with Gasteiger partial charge in [0.25, 0.3) is 5.56 Å². The molecule has 1 aromatic rings. The predicted molar refractivity (Wildman–Crippen MR) is 86.6 cm³/mol. The van der Waals surface area contributed by atoms with Gasteiger partial charge in [-0.25, -0.2) is 9.18 Å². The number of pyridine rings is 1. The number of ether oxygens (including phenoxy) is 1. The Hall–Kier alpha value is -1.89. The molecule has 1 saturated heterocycles. The van der Waals surface area contributed by atoms with Crippen molar-refractivity contribution >= 4 is 11.8 Å². The maximum absolute atomic E-state index is 14.3. The number of rotatable bonds is 2. The number of likely N-dealkylation sites (tertiary alicyclic amines) is 1. The van der Waals surface area contributed by atoms with Crippen molar-refractivity contribution in [3.8, 4) is 0 Å². The van der Waals surface area contributed by atoms with Crippen molar-refractivity contribution < 1.29 is 13.9 Å². The molecule has 1 aliphatic heterocycles. The second-order valence-corrected chi connectivity index (χ2v) is 6.90. The Balaban J connectivity index is 2.18. The van der Waals surface area contributed by atoms with Crippen molar-refractivity contribution in [3.05, 3.63) is 28.7 Å². The summed E-state index contributed by atoms with van der Waals surface area (Å²) >= 11 is 0. The fourth-order valence-corrected chi connectivity index (χ4v) is 2.64. The van der Waals surface area contributed by atoms with Crippen LogP contribution < -0.4 is 10.9 Å². The van der Waals surface area contributed by atoms with Crippen molar-refractivity contribution in [2.24, 2.45) is 0 Å². The van der Waals surface area contributed by atoms with Crippen LogP contribution in [0.15, 0.2) is 23.1 Å². The Bertz CT molecular complexity index is 624. The molecule has 1 N–H and O–H groups in total. The largest absolute Gasteiger partial charge is 0.444 e. The van der Waals surface area contributed by atoms with E-state index in [0.29, 0.717) is 13.0 Å². The van der Waals surface area contributed by atoms with E-state index in [9.17, 15) is 14.0 Å². The Morgan fingerprint density at radius 1 is 1.43 bits per heavy atom. The van der Waals surface area contributed by atoms with Gasteiger partial charge in [0.15, 0.2) is 0 Å². The van der Waals surface area contributed by atoms with Crippen LogP contribution in [0.4, 0.5) is 14.9 Å². The summed E-state index contributed by atoms with van der Waals surface area (Å²) in [6.07, 6.45) is 0.286. The number of hydrogen-bond donors (Lipinski definition) is 1. The third kappa shape index (κ3) is 4.54. The fraction of sp³-hybridized carbons (Fsp3) is 0.625. The van der Waals surface area contributed by atoms with Crippen LogP contribution in [0.1, 0.15) is 33.2 Å². The average molecular weight is 325 g/mol. The summed E-state index contributed by atoms with van der Waals surface area (Å²) in [5.41, 5.74) is -0.987. The van der Waals surface area contributed by atoms with E-state index in [0.717, 1.165) is 6.54 Å². The molecule has 0 bridgehead atoms. The molecule has 6 nitrogen and oxygen atoms in total. The van der Waals surface area contributed by atoms with Crippen molar-refractivity contribution in [3.63, 3.8) is 0 Å². The number of halogens is 1. The van der Waals surface area contributed by atoms with Crippen LogP contribution >= 0.6 is 0 Å². The molecule has 7 heteroatoms. The highest BCUT2D eigenvalue weighted by Crippen LogP contribution is 2.23. The number of amides is 1. The number of nitrogens with zero attached hydrogens (tertiary/aromatic N) is 2. The smallest absolute Gasteiger partial charge is 0.412 e. The third-order valence-electron chi connectivity index (χ3n) is 3.68. The quantitative estimate of drug-likeness (QED) is 0.907. The summed E-state index contributed by atoms with van der Waals surface area (Å²) in [7, 11) is 1.85. The van der Waals surface area contributed by atoms with E-state index in [4.69, 9.17) is 4.74 Å². The molecular formula is C16H24FN3O3. The summed E-state index contributed by atoms with van der Waals surface area (Å²) < 4.78 is 20.8. The number of alkyl halides is 1. The van der Waals surface area contributed by atoms with Gasteiger partial charge in [-0.1, -0.05) is 0 Å². The van der Waals surface area contributed by atoms with E-state index in [1.54, 1.807) is 33.0 Å². The minimum atomic E-state index is -1.12. The van der Waals surface area contributed by atoms with Gasteiger partial charge < -0.3 is 14.2 Å². The Morgan fingerprint density at radius 2 is 2.13 bits per heavy atom. The van der Waals surface area contributed by atoms with E-state index in [1.807, 2.05) is 11.9 Å². The topological polar surface area (TPSA) is 63.6 Å². The standard InChI is InChI=1S/C16H24FN3O3/c1-16(2,3)23-15(22)18-12-6-5-8-20(14(12)21)13-7-9-19(4)10-11(13)17/h5-6,8,11,13H,7,9-10H2,1-4H3,(H,18,22)/t11-,13+/m1/s1. The number of carbonyl (C=O) groups is 1. The van der Waals surface area contributed by atoms with Gasteiger partial charge >= 0.3 is 6.09 Å². The number of piperidine rings is 1. The first-order valence-electron chi connectivity index (χ1n) is 7.71. The van der Waals surface area contributed by atoms with E-state index >= 15 is 0 Å². The Morgan fingerprint density at radius 3 is 2.74 bits per heavy atom. The molecular weight excluding hydrogens is 301 g/mol. The van der Waals surface area contributed by atoms with Crippen LogP contribution in [0, 0.1) is 0 Å². The van der Waals surface area contributed by atoms with Crippen LogP contribution in [0.2, 0.25) is 0 Å². The zero-order valence-corrected chi connectivity index (χ0v) is 14.0. The SMILES string of the molecule is CN1CC[C@H](n2cccc(NC(=O)OC(C)(C)C)c2=O)[C@H](F)C1. The van der Waals surface area contributed by atoms with Gasteiger partial charge in [-0.3, -0.25) is 10.1 Å². The van der Waals surface area contributed by atoms with Crippen LogP contribution in [0.3, 0.4) is 0 Å². The predicted octanol–water partition coefficient (Wildman–Crippen LogP) is 2.41. The van der Waals surface area contributed by atoms with Crippen LogP contribution in [-0.2, 0) is 4.74 Å². The van der Waals surface area contributed by atoms with Gasteiger partial charge in [-0.2, -0.15) is 0 Å². The summed E-state index contributed by atoms with van der Waals surface area (Å²) in [5, 5.41) is 2.44. The third-order valence-corrected chi connectivity index (χ3v) is 3.68. The number of aromatic nitrogens is 1. The number of anilines is 1. The first-order chi connectivity index (χ1) is 10.7. The summed E-state index contributed by atoms with van der Waals surface area (Å²) in [6, 6.07) is 2.60. The Kier molecular flexibility index (Phi) is 5.09. The highest BCUT2D eigenvalue weighted by molar-refractivity contribution is 5.84. The molecule has 2 atom stereocenters. The highest BCUT2D eigenvalue weighted by Gasteiger charge is 2.30. The van der Waals surface area contributed by atoms with Crippen molar-refractivity contribution in [2.45, 2.75) is 45.0 Å². The number of nitrogens with one attached hydrogen (secondary N) is 1. The molecule has 1 fully saturated rings. The van der Waals surface area contributed by atoms with Crippen molar-refractivity contribution in [2.75, 3.05) is 25.5 Å². The monoisotopic (exact) mass is 325 g/mol. The molecule has 1 aromatic heterocycles. The highest BCUT2D eigenvalue weighted by atomic mass is 19.1. The second-order valence-electron chi connectivity index (χ2n) is 6.90. The second kappa shape index (κ2) is 6.70. The van der Waals surface area contributed by atoms with Gasteiger partial charge in [0.2, 0.25) is 0 Å². The zero-order chi connectivity index (χ0) is 17.2. The molecule has 23 heavy (non-hydrogen) atoms. The van der Waals surface area contributed by atoms with Gasteiger partial charge in [-0.05, 0) is 46.4 Å². The van der Waals surface area contributed by atoms with E-state index < -0.39 is 29.5 Å². The lowest BCUT2D eigenvalue weighted by molar-refractivity contribution is 0.0635. The lowest BCUT2D eigenvalue weighted by Crippen LogP contribution is -2.43. The van der Waals surface area contributed by atoms with E-state index in [2.05, 4.69) is 5.32 Å². The minimum absolute atomic E-state index is 0.0906. The molecule has 0 aliphatic carbocycles. The average Bonchev–Trinajstić information content (AvgIpc) is 2.40. The molecule has 2 rings (SSSR count). The lowest BCUT2D eigenvalue weighted by Gasteiger charge is -2.33.